The van der Waals surface area contributed by atoms with Crippen LogP contribution in [-0.2, 0) is 15.5 Å². The van der Waals surface area contributed by atoms with Crippen LogP contribution in [0.25, 0.3) is 0 Å². The lowest BCUT2D eigenvalue weighted by Gasteiger charge is -2.08. The minimum atomic E-state index is -2.10. The summed E-state index contributed by atoms with van der Waals surface area (Å²) in [6, 6.07) is 7.75. The third kappa shape index (κ3) is 5.20. The van der Waals surface area contributed by atoms with Gasteiger partial charge in [0.15, 0.2) is 0 Å². The van der Waals surface area contributed by atoms with Gasteiger partial charge in [0.05, 0.1) is 6.61 Å². The van der Waals surface area contributed by atoms with Crippen molar-refractivity contribution in [2.75, 3.05) is 6.61 Å². The van der Waals surface area contributed by atoms with Gasteiger partial charge in [-0.05, 0) is 24.5 Å². The largest absolute Gasteiger partial charge is 0.327 e. The molecule has 3 heteroatoms. The molecule has 0 saturated carbocycles. The summed E-state index contributed by atoms with van der Waals surface area (Å²) in [7, 11) is -2.10. The first-order valence-electron chi connectivity index (χ1n) is 6.65. The normalized spacial score (nSPS) is 12.3. The fourth-order valence-corrected chi connectivity index (χ4v) is 2.99. The van der Waals surface area contributed by atoms with Crippen LogP contribution in [0.5, 0.6) is 0 Å². The van der Waals surface area contributed by atoms with Gasteiger partial charge in [-0.2, -0.15) is 0 Å². The van der Waals surface area contributed by atoms with E-state index in [1.54, 1.807) is 0 Å². The first-order chi connectivity index (χ1) is 8.79. The quantitative estimate of drug-likeness (QED) is 0.382. The number of hydrogen-bond donors (Lipinski definition) is 0. The second-order valence-electron chi connectivity index (χ2n) is 4.35. The number of hydrogen-bond acceptors (Lipinski definition) is 2. The molecule has 0 bridgehead atoms. The highest BCUT2D eigenvalue weighted by Gasteiger charge is 2.08. The monoisotopic (exact) mass is 266 g/mol. The highest BCUT2D eigenvalue weighted by molar-refractivity contribution is 7.48. The van der Waals surface area contributed by atoms with Crippen LogP contribution < -0.4 is 5.30 Å². The van der Waals surface area contributed by atoms with Crippen LogP contribution in [0.1, 0.15) is 38.2 Å². The average molecular weight is 266 g/mol. The van der Waals surface area contributed by atoms with Crippen molar-refractivity contribution in [1.29, 1.82) is 0 Å². The summed E-state index contributed by atoms with van der Waals surface area (Å²) in [5, 5.41) is 0.845. The molecular weight excluding hydrogens is 243 g/mol. The molecule has 18 heavy (non-hydrogen) atoms. The lowest BCUT2D eigenvalue weighted by atomic mass is 10.1. The first kappa shape index (κ1) is 15.2. The zero-order valence-corrected chi connectivity index (χ0v) is 12.2. The van der Waals surface area contributed by atoms with E-state index in [0.29, 0.717) is 6.61 Å². The van der Waals surface area contributed by atoms with Crippen LogP contribution in [0.15, 0.2) is 36.9 Å². The second-order valence-corrected chi connectivity index (χ2v) is 5.75. The van der Waals surface area contributed by atoms with E-state index in [1.165, 1.54) is 12.8 Å². The van der Waals surface area contributed by atoms with Gasteiger partial charge in [0.25, 0.3) is 0 Å². The molecule has 1 aromatic rings. The highest BCUT2D eigenvalue weighted by atomic mass is 31.1. The topological polar surface area (TPSA) is 26.3 Å². The van der Waals surface area contributed by atoms with Gasteiger partial charge in [0.2, 0.25) is 8.03 Å². The molecule has 1 atom stereocenters. The summed E-state index contributed by atoms with van der Waals surface area (Å²) in [6.45, 7) is 6.49. The van der Waals surface area contributed by atoms with E-state index in [4.69, 9.17) is 4.52 Å². The fraction of sp³-hybridized carbons (Fsp3) is 0.467. The van der Waals surface area contributed by atoms with Gasteiger partial charge in [0.1, 0.15) is 0 Å². The maximum atomic E-state index is 12.1. The minimum absolute atomic E-state index is 0.597. The second kappa shape index (κ2) is 9.13. The van der Waals surface area contributed by atoms with Crippen molar-refractivity contribution >= 4 is 13.3 Å². The minimum Gasteiger partial charge on any atom is -0.327 e. The van der Waals surface area contributed by atoms with E-state index in [2.05, 4.69) is 13.5 Å². The van der Waals surface area contributed by atoms with Gasteiger partial charge in [-0.3, -0.25) is 4.57 Å². The molecule has 0 N–H and O–H groups in total. The van der Waals surface area contributed by atoms with E-state index in [1.807, 2.05) is 30.3 Å². The predicted octanol–water partition coefficient (Wildman–Crippen LogP) is 4.11. The van der Waals surface area contributed by atoms with E-state index < -0.39 is 8.03 Å². The molecule has 0 aliphatic carbocycles. The Balaban J connectivity index is 2.48. The molecule has 0 aliphatic rings. The van der Waals surface area contributed by atoms with E-state index in [0.717, 1.165) is 30.1 Å². The Morgan fingerprint density at radius 1 is 1.28 bits per heavy atom. The number of benzene rings is 1. The van der Waals surface area contributed by atoms with Gasteiger partial charge in [-0.1, -0.05) is 50.5 Å². The van der Waals surface area contributed by atoms with Gasteiger partial charge in [-0.15, -0.1) is 6.58 Å². The van der Waals surface area contributed by atoms with Gasteiger partial charge in [0, 0.05) is 5.30 Å². The zero-order valence-electron chi connectivity index (χ0n) is 11.2. The Hall–Kier alpha value is -0.850. The Kier molecular flexibility index (Phi) is 7.71. The summed E-state index contributed by atoms with van der Waals surface area (Å²) in [5.41, 5.74) is 1.06. The lowest BCUT2D eigenvalue weighted by Crippen LogP contribution is -2.06. The molecule has 0 heterocycles. The van der Waals surface area contributed by atoms with E-state index in [-0.39, 0.29) is 0 Å². The maximum absolute atomic E-state index is 12.1. The Morgan fingerprint density at radius 2 is 2.06 bits per heavy atom. The highest BCUT2D eigenvalue weighted by Crippen LogP contribution is 2.24. The van der Waals surface area contributed by atoms with Crippen LogP contribution in [0, 0.1) is 0 Å². The van der Waals surface area contributed by atoms with Crippen LogP contribution in [0.4, 0.5) is 0 Å². The molecule has 0 amide bonds. The van der Waals surface area contributed by atoms with Crippen LogP contribution >= 0.6 is 8.03 Å². The Morgan fingerprint density at radius 3 is 2.78 bits per heavy atom. The lowest BCUT2D eigenvalue weighted by molar-refractivity contribution is 0.322. The SMILES string of the molecule is C=CCc1ccccc1[PH](=O)OCCCCCC. The van der Waals surface area contributed by atoms with Crippen molar-refractivity contribution in [2.45, 2.75) is 39.0 Å². The first-order valence-corrected chi connectivity index (χ1v) is 7.97. The summed E-state index contributed by atoms with van der Waals surface area (Å²) >= 11 is 0. The Bertz CT molecular complexity index is 388. The third-order valence-corrected chi connectivity index (χ3v) is 4.23. The fourth-order valence-electron chi connectivity index (χ4n) is 1.82. The third-order valence-electron chi connectivity index (χ3n) is 2.83. The molecule has 1 rings (SSSR count). The molecule has 2 nitrogen and oxygen atoms in total. The molecule has 0 aliphatic heterocycles. The van der Waals surface area contributed by atoms with Crippen LogP contribution in [0.3, 0.4) is 0 Å². The van der Waals surface area contributed by atoms with Crippen LogP contribution in [-0.4, -0.2) is 6.61 Å². The van der Waals surface area contributed by atoms with Gasteiger partial charge in [-0.25, -0.2) is 0 Å². The van der Waals surface area contributed by atoms with Crippen molar-refractivity contribution in [1.82, 2.24) is 0 Å². The van der Waals surface area contributed by atoms with Crippen molar-refractivity contribution < 1.29 is 9.09 Å². The number of rotatable bonds is 9. The standard InChI is InChI=1S/C15H23O2P/c1-3-5-6-9-13-17-18(16)15-12-8-7-11-14(15)10-4-2/h4,7-8,11-12,18H,2-3,5-6,9-10,13H2,1H3. The maximum Gasteiger partial charge on any atom is 0.220 e. The van der Waals surface area contributed by atoms with Crippen molar-refractivity contribution in [3.05, 3.63) is 42.5 Å². The number of unbranched alkanes of at least 4 members (excludes halogenated alkanes) is 3. The van der Waals surface area contributed by atoms with Crippen molar-refractivity contribution in [2.24, 2.45) is 0 Å². The summed E-state index contributed by atoms with van der Waals surface area (Å²) < 4.78 is 17.6. The van der Waals surface area contributed by atoms with Crippen molar-refractivity contribution in [3.63, 3.8) is 0 Å². The molecule has 100 valence electrons. The van der Waals surface area contributed by atoms with Gasteiger partial charge < -0.3 is 4.52 Å². The summed E-state index contributed by atoms with van der Waals surface area (Å²) in [4.78, 5) is 0. The summed E-state index contributed by atoms with van der Waals surface area (Å²) in [6.07, 6.45) is 7.14. The van der Waals surface area contributed by atoms with Crippen LogP contribution in [0.2, 0.25) is 0 Å². The Labute approximate surface area is 111 Å². The summed E-state index contributed by atoms with van der Waals surface area (Å²) in [5.74, 6) is 0. The van der Waals surface area contributed by atoms with Gasteiger partial charge >= 0.3 is 0 Å². The molecule has 0 spiro atoms. The van der Waals surface area contributed by atoms with E-state index >= 15 is 0 Å². The molecule has 1 aromatic carbocycles. The molecule has 1 unspecified atom stereocenters. The molecule has 0 aromatic heterocycles. The molecule has 0 saturated heterocycles. The van der Waals surface area contributed by atoms with E-state index in [9.17, 15) is 4.57 Å². The molecule has 0 fully saturated rings. The smallest absolute Gasteiger partial charge is 0.220 e. The number of allylic oxidation sites excluding steroid dienone is 1. The molecular formula is C15H23O2P. The average Bonchev–Trinajstić information content (AvgIpc) is 2.39. The van der Waals surface area contributed by atoms with Crippen molar-refractivity contribution in [3.8, 4) is 0 Å². The molecule has 0 radical (unpaired) electrons. The zero-order chi connectivity index (χ0) is 13.2. The predicted molar refractivity (Wildman–Crippen MR) is 79.1 cm³/mol.